The Labute approximate surface area is 103 Å². The van der Waals surface area contributed by atoms with Gasteiger partial charge in [-0.2, -0.15) is 4.98 Å². The minimum atomic E-state index is -0.307. The van der Waals surface area contributed by atoms with Crippen molar-refractivity contribution in [3.63, 3.8) is 0 Å². The monoisotopic (exact) mass is 250 g/mol. The molecule has 0 atom stereocenters. The Morgan fingerprint density at radius 2 is 2.18 bits per heavy atom. The van der Waals surface area contributed by atoms with Crippen LogP contribution in [0.25, 0.3) is 0 Å². The van der Waals surface area contributed by atoms with Crippen molar-refractivity contribution in [2.75, 3.05) is 11.1 Å². The molecule has 17 heavy (non-hydrogen) atoms. The van der Waals surface area contributed by atoms with Crippen LogP contribution in [0.4, 0.5) is 17.5 Å². The van der Waals surface area contributed by atoms with E-state index in [4.69, 9.17) is 17.3 Å². The highest BCUT2D eigenvalue weighted by Gasteiger charge is 2.01. The molecule has 0 saturated carbocycles. The van der Waals surface area contributed by atoms with Crippen molar-refractivity contribution in [2.24, 2.45) is 0 Å². The quantitative estimate of drug-likeness (QED) is 0.762. The number of nitrogens with two attached hydrogens (primary N) is 1. The van der Waals surface area contributed by atoms with E-state index >= 15 is 0 Å². The van der Waals surface area contributed by atoms with Gasteiger partial charge in [0.2, 0.25) is 5.95 Å². The Morgan fingerprint density at radius 3 is 2.82 bits per heavy atom. The molecule has 0 aliphatic carbocycles. The molecule has 0 bridgehead atoms. The SMILES string of the molecule is Cc1ccc(Nc2cc(=O)[nH]c(N)n2)cc1Cl. The smallest absolute Gasteiger partial charge is 0.254 e. The summed E-state index contributed by atoms with van der Waals surface area (Å²) >= 11 is 5.99. The van der Waals surface area contributed by atoms with Crippen LogP contribution in [-0.4, -0.2) is 9.97 Å². The van der Waals surface area contributed by atoms with Crippen LogP contribution < -0.4 is 16.6 Å². The van der Waals surface area contributed by atoms with E-state index in [0.717, 1.165) is 11.3 Å². The largest absolute Gasteiger partial charge is 0.369 e. The summed E-state index contributed by atoms with van der Waals surface area (Å²) in [5.74, 6) is 0.448. The summed E-state index contributed by atoms with van der Waals surface area (Å²) in [5, 5.41) is 3.60. The molecular weight excluding hydrogens is 240 g/mol. The predicted molar refractivity (Wildman–Crippen MR) is 68.7 cm³/mol. The lowest BCUT2D eigenvalue weighted by Gasteiger charge is -2.07. The molecule has 2 aromatic rings. The first-order chi connectivity index (χ1) is 8.04. The third-order valence-electron chi connectivity index (χ3n) is 2.20. The molecule has 1 heterocycles. The molecule has 1 aromatic heterocycles. The molecule has 0 aliphatic rings. The first-order valence-electron chi connectivity index (χ1n) is 4.94. The molecular formula is C11H11ClN4O. The van der Waals surface area contributed by atoms with Gasteiger partial charge in [-0.05, 0) is 24.6 Å². The maximum atomic E-state index is 11.2. The van der Waals surface area contributed by atoms with Crippen molar-refractivity contribution < 1.29 is 0 Å². The van der Waals surface area contributed by atoms with Gasteiger partial charge >= 0.3 is 0 Å². The maximum Gasteiger partial charge on any atom is 0.254 e. The minimum absolute atomic E-state index is 0.0678. The number of H-pyrrole nitrogens is 1. The Morgan fingerprint density at radius 1 is 1.41 bits per heavy atom. The first-order valence-corrected chi connectivity index (χ1v) is 5.32. The zero-order valence-corrected chi connectivity index (χ0v) is 9.88. The molecule has 5 nitrogen and oxygen atoms in total. The van der Waals surface area contributed by atoms with E-state index in [1.807, 2.05) is 19.1 Å². The van der Waals surface area contributed by atoms with Crippen LogP contribution in [0.5, 0.6) is 0 Å². The minimum Gasteiger partial charge on any atom is -0.369 e. The van der Waals surface area contributed by atoms with Gasteiger partial charge in [0.25, 0.3) is 5.56 Å². The fraction of sp³-hybridized carbons (Fsp3) is 0.0909. The lowest BCUT2D eigenvalue weighted by Crippen LogP contribution is -2.11. The lowest BCUT2D eigenvalue weighted by molar-refractivity contribution is 1.14. The number of anilines is 3. The molecule has 0 fully saturated rings. The number of nitrogens with zero attached hydrogens (tertiary/aromatic N) is 1. The summed E-state index contributed by atoms with van der Waals surface area (Å²) in [4.78, 5) is 17.5. The molecule has 1 aromatic carbocycles. The van der Waals surface area contributed by atoms with Crippen LogP contribution >= 0.6 is 11.6 Å². The van der Waals surface area contributed by atoms with Gasteiger partial charge in [-0.1, -0.05) is 17.7 Å². The third-order valence-corrected chi connectivity index (χ3v) is 2.61. The number of nitrogen functional groups attached to an aromatic ring is 1. The van der Waals surface area contributed by atoms with Crippen LogP contribution in [-0.2, 0) is 0 Å². The normalized spacial score (nSPS) is 10.2. The van der Waals surface area contributed by atoms with Crippen molar-refractivity contribution in [3.05, 3.63) is 45.2 Å². The van der Waals surface area contributed by atoms with Gasteiger partial charge in [-0.15, -0.1) is 0 Å². The molecule has 2 rings (SSSR count). The molecule has 0 radical (unpaired) electrons. The number of rotatable bonds is 2. The van der Waals surface area contributed by atoms with Crippen molar-refractivity contribution >= 4 is 29.1 Å². The second-order valence-electron chi connectivity index (χ2n) is 3.60. The van der Waals surface area contributed by atoms with Crippen molar-refractivity contribution in [3.8, 4) is 0 Å². The molecule has 0 unspecified atom stereocenters. The van der Waals surface area contributed by atoms with Gasteiger partial charge in [0, 0.05) is 16.8 Å². The Hall–Kier alpha value is -2.01. The van der Waals surface area contributed by atoms with Crippen LogP contribution in [0.3, 0.4) is 0 Å². The number of aromatic nitrogens is 2. The number of benzene rings is 1. The third kappa shape index (κ3) is 2.76. The number of hydrogen-bond acceptors (Lipinski definition) is 4. The first kappa shape index (κ1) is 11.5. The van der Waals surface area contributed by atoms with Gasteiger partial charge in [0.15, 0.2) is 0 Å². The number of nitrogens with one attached hydrogen (secondary N) is 2. The number of hydrogen-bond donors (Lipinski definition) is 3. The average molecular weight is 251 g/mol. The highest BCUT2D eigenvalue weighted by Crippen LogP contribution is 2.21. The summed E-state index contributed by atoms with van der Waals surface area (Å²) in [6.45, 7) is 1.91. The van der Waals surface area contributed by atoms with Crippen LogP contribution in [0.2, 0.25) is 5.02 Å². The number of aromatic amines is 1. The Kier molecular flexibility index (Phi) is 3.01. The lowest BCUT2D eigenvalue weighted by atomic mass is 10.2. The van der Waals surface area contributed by atoms with E-state index in [0.29, 0.717) is 10.8 Å². The van der Waals surface area contributed by atoms with Gasteiger partial charge in [-0.3, -0.25) is 9.78 Å². The second-order valence-corrected chi connectivity index (χ2v) is 4.01. The summed E-state index contributed by atoms with van der Waals surface area (Å²) in [6.07, 6.45) is 0. The second kappa shape index (κ2) is 4.47. The standard InChI is InChI=1S/C11H11ClN4O/c1-6-2-3-7(4-8(6)12)14-9-5-10(17)16-11(13)15-9/h2-5H,1H3,(H4,13,14,15,16,17). The van der Waals surface area contributed by atoms with Crippen molar-refractivity contribution in [1.82, 2.24) is 9.97 Å². The number of halogens is 1. The highest BCUT2D eigenvalue weighted by atomic mass is 35.5. The molecule has 0 spiro atoms. The fourth-order valence-corrected chi connectivity index (χ4v) is 1.54. The van der Waals surface area contributed by atoms with E-state index in [2.05, 4.69) is 15.3 Å². The van der Waals surface area contributed by atoms with E-state index in [1.165, 1.54) is 6.07 Å². The topological polar surface area (TPSA) is 83.8 Å². The maximum absolute atomic E-state index is 11.2. The summed E-state index contributed by atoms with van der Waals surface area (Å²) in [7, 11) is 0. The van der Waals surface area contributed by atoms with E-state index in [9.17, 15) is 4.79 Å². The zero-order valence-electron chi connectivity index (χ0n) is 9.12. The van der Waals surface area contributed by atoms with Gasteiger partial charge in [0.1, 0.15) is 5.82 Å². The Bertz CT molecular complexity index is 609. The molecule has 88 valence electrons. The van der Waals surface area contributed by atoms with Crippen molar-refractivity contribution in [2.45, 2.75) is 6.92 Å². The molecule has 4 N–H and O–H groups in total. The highest BCUT2D eigenvalue weighted by molar-refractivity contribution is 6.31. The Balaban J connectivity index is 2.31. The van der Waals surface area contributed by atoms with Gasteiger partial charge < -0.3 is 11.1 Å². The summed E-state index contributed by atoms with van der Waals surface area (Å²) in [6, 6.07) is 6.81. The van der Waals surface area contributed by atoms with Crippen LogP contribution in [0, 0.1) is 6.92 Å². The van der Waals surface area contributed by atoms with E-state index in [-0.39, 0.29) is 11.5 Å². The van der Waals surface area contributed by atoms with E-state index in [1.54, 1.807) is 6.07 Å². The van der Waals surface area contributed by atoms with Gasteiger partial charge in [0.05, 0.1) is 0 Å². The predicted octanol–water partition coefficient (Wildman–Crippen LogP) is 2.06. The fourth-order valence-electron chi connectivity index (χ4n) is 1.36. The molecule has 6 heteroatoms. The summed E-state index contributed by atoms with van der Waals surface area (Å²) in [5.41, 5.74) is 6.86. The van der Waals surface area contributed by atoms with Gasteiger partial charge in [-0.25, -0.2) is 0 Å². The summed E-state index contributed by atoms with van der Waals surface area (Å²) < 4.78 is 0. The van der Waals surface area contributed by atoms with Crippen LogP contribution in [0.15, 0.2) is 29.1 Å². The molecule has 0 amide bonds. The van der Waals surface area contributed by atoms with E-state index < -0.39 is 0 Å². The van der Waals surface area contributed by atoms with Crippen molar-refractivity contribution in [1.29, 1.82) is 0 Å². The molecule has 0 saturated heterocycles. The zero-order chi connectivity index (χ0) is 12.4. The molecule has 0 aliphatic heterocycles. The van der Waals surface area contributed by atoms with Crippen LogP contribution in [0.1, 0.15) is 5.56 Å². The number of aryl methyl sites for hydroxylation is 1. The average Bonchev–Trinajstić information content (AvgIpc) is 2.22.